The molecular formula is C16H18O3. The normalized spacial score (nSPS) is 33.1. The third-order valence-corrected chi connectivity index (χ3v) is 4.33. The van der Waals surface area contributed by atoms with Crippen molar-refractivity contribution in [1.29, 1.82) is 0 Å². The molecule has 19 heavy (non-hydrogen) atoms. The van der Waals surface area contributed by atoms with Crippen LogP contribution in [0.5, 0.6) is 0 Å². The second kappa shape index (κ2) is 4.82. The first-order valence-electron chi connectivity index (χ1n) is 6.81. The zero-order valence-electron chi connectivity index (χ0n) is 10.8. The average Bonchev–Trinajstić information content (AvgIpc) is 3.01. The molecule has 100 valence electrons. The molecule has 2 fully saturated rings. The molecule has 0 spiro atoms. The Balaban J connectivity index is 1.73. The number of allylic oxidation sites excluding steroid dienone is 1. The van der Waals surface area contributed by atoms with Crippen molar-refractivity contribution < 1.29 is 14.6 Å². The number of benzene rings is 1. The van der Waals surface area contributed by atoms with Crippen molar-refractivity contribution in [1.82, 2.24) is 0 Å². The first-order chi connectivity index (χ1) is 9.21. The number of rotatable bonds is 4. The molecule has 1 N–H and O–H groups in total. The third-order valence-electron chi connectivity index (χ3n) is 4.33. The van der Waals surface area contributed by atoms with E-state index in [0.29, 0.717) is 12.8 Å². The van der Waals surface area contributed by atoms with Crippen molar-refractivity contribution in [3.8, 4) is 0 Å². The van der Waals surface area contributed by atoms with E-state index in [-0.39, 0.29) is 12.2 Å². The predicted molar refractivity (Wildman–Crippen MR) is 72.7 cm³/mol. The lowest BCUT2D eigenvalue weighted by Gasteiger charge is -2.29. The Morgan fingerprint density at radius 1 is 1.37 bits per heavy atom. The molecule has 0 saturated carbocycles. The minimum Gasteiger partial charge on any atom is -0.481 e. The Bertz CT molecular complexity index is 494. The molecule has 3 heteroatoms. The summed E-state index contributed by atoms with van der Waals surface area (Å²) in [4.78, 5) is 11.6. The van der Waals surface area contributed by atoms with Crippen molar-refractivity contribution in [3.63, 3.8) is 0 Å². The summed E-state index contributed by atoms with van der Waals surface area (Å²) < 4.78 is 5.74. The highest BCUT2D eigenvalue weighted by Gasteiger charge is 2.56. The number of ether oxygens (including phenoxy) is 1. The quantitative estimate of drug-likeness (QED) is 0.902. The average molecular weight is 258 g/mol. The topological polar surface area (TPSA) is 46.5 Å². The van der Waals surface area contributed by atoms with Gasteiger partial charge in [0.2, 0.25) is 0 Å². The first-order valence-corrected chi connectivity index (χ1v) is 6.81. The summed E-state index contributed by atoms with van der Waals surface area (Å²) in [6.45, 7) is 0. The van der Waals surface area contributed by atoms with Gasteiger partial charge in [-0.3, -0.25) is 4.79 Å². The fourth-order valence-corrected chi connectivity index (χ4v) is 3.30. The Hall–Kier alpha value is -1.61. The van der Waals surface area contributed by atoms with Gasteiger partial charge in [0.1, 0.15) is 0 Å². The Labute approximate surface area is 112 Å². The largest absolute Gasteiger partial charge is 0.481 e. The van der Waals surface area contributed by atoms with Gasteiger partial charge in [-0.1, -0.05) is 42.5 Å². The molecular weight excluding hydrogens is 240 g/mol. The molecule has 1 aromatic rings. The molecule has 3 atom stereocenters. The number of fused-ring (bicyclic) bond motifs is 2. The van der Waals surface area contributed by atoms with Crippen LogP contribution in [-0.2, 0) is 9.53 Å². The van der Waals surface area contributed by atoms with Crippen molar-refractivity contribution in [3.05, 3.63) is 42.0 Å². The summed E-state index contributed by atoms with van der Waals surface area (Å²) in [6.07, 6.45) is 7.15. The summed E-state index contributed by atoms with van der Waals surface area (Å²) in [5, 5.41) is 9.57. The van der Waals surface area contributed by atoms with E-state index in [9.17, 15) is 9.90 Å². The van der Waals surface area contributed by atoms with Crippen molar-refractivity contribution >= 4 is 12.0 Å². The summed E-state index contributed by atoms with van der Waals surface area (Å²) in [5.74, 6) is -0.711. The monoisotopic (exact) mass is 258 g/mol. The lowest BCUT2D eigenvalue weighted by Crippen LogP contribution is -2.39. The minimum atomic E-state index is -0.711. The van der Waals surface area contributed by atoms with Crippen LogP contribution in [0.25, 0.3) is 6.08 Å². The number of aliphatic carboxylic acids is 1. The van der Waals surface area contributed by atoms with E-state index in [0.717, 1.165) is 18.4 Å². The lowest BCUT2D eigenvalue weighted by atomic mass is 9.71. The van der Waals surface area contributed by atoms with E-state index >= 15 is 0 Å². The van der Waals surface area contributed by atoms with Crippen molar-refractivity contribution in [2.24, 2.45) is 5.41 Å². The predicted octanol–water partition coefficient (Wildman–Crippen LogP) is 3.11. The fourth-order valence-electron chi connectivity index (χ4n) is 3.30. The summed E-state index contributed by atoms with van der Waals surface area (Å²) in [7, 11) is 0. The van der Waals surface area contributed by atoms with Gasteiger partial charge in [0.05, 0.1) is 17.6 Å². The smallest absolute Gasteiger partial charge is 0.312 e. The van der Waals surface area contributed by atoms with Crippen LogP contribution in [0.3, 0.4) is 0 Å². The number of carboxylic acids is 1. The number of carbonyl (C=O) groups is 1. The Morgan fingerprint density at radius 2 is 2.16 bits per heavy atom. The van der Waals surface area contributed by atoms with Crippen molar-refractivity contribution in [2.75, 3.05) is 0 Å². The molecule has 2 aliphatic heterocycles. The maximum Gasteiger partial charge on any atom is 0.312 e. The maximum atomic E-state index is 11.6. The van der Waals surface area contributed by atoms with Crippen LogP contribution in [0.1, 0.15) is 31.2 Å². The van der Waals surface area contributed by atoms with Gasteiger partial charge in [0.15, 0.2) is 0 Å². The molecule has 2 bridgehead atoms. The molecule has 0 amide bonds. The summed E-state index contributed by atoms with van der Waals surface area (Å²) >= 11 is 0. The standard InChI is InChI=1S/C16H18O3/c17-15(18)16(11-13-8-9-14(16)19-13)10-4-7-12-5-2-1-3-6-12/h1-7,13-14H,8-11H2,(H,17,18). The molecule has 2 aliphatic rings. The zero-order valence-corrected chi connectivity index (χ0v) is 10.8. The summed E-state index contributed by atoms with van der Waals surface area (Å²) in [6, 6.07) is 9.96. The van der Waals surface area contributed by atoms with Crippen LogP contribution in [0.2, 0.25) is 0 Å². The lowest BCUT2D eigenvalue weighted by molar-refractivity contribution is -0.152. The molecule has 0 aliphatic carbocycles. The van der Waals surface area contributed by atoms with E-state index in [1.54, 1.807) is 0 Å². The molecule has 3 unspecified atom stereocenters. The van der Waals surface area contributed by atoms with Crippen molar-refractivity contribution in [2.45, 2.75) is 37.9 Å². The summed E-state index contributed by atoms with van der Waals surface area (Å²) in [5.41, 5.74) is 0.404. The van der Waals surface area contributed by atoms with Crippen LogP contribution in [0.4, 0.5) is 0 Å². The van der Waals surface area contributed by atoms with Crippen LogP contribution >= 0.6 is 0 Å². The SMILES string of the molecule is O=C(O)C1(CC=Cc2ccccc2)CC2CCC1O2. The van der Waals surface area contributed by atoms with Crippen LogP contribution in [0.15, 0.2) is 36.4 Å². The van der Waals surface area contributed by atoms with E-state index in [2.05, 4.69) is 0 Å². The Kier molecular flexibility index (Phi) is 3.15. The highest BCUT2D eigenvalue weighted by atomic mass is 16.5. The van der Waals surface area contributed by atoms with Crippen LogP contribution < -0.4 is 0 Å². The highest BCUT2D eigenvalue weighted by molar-refractivity contribution is 5.76. The molecule has 2 saturated heterocycles. The van der Waals surface area contributed by atoms with Gasteiger partial charge in [-0.15, -0.1) is 0 Å². The number of carboxylic acid groups (broad SMARTS) is 1. The van der Waals surface area contributed by atoms with Crippen LogP contribution in [0, 0.1) is 5.41 Å². The van der Waals surface area contributed by atoms with E-state index in [1.165, 1.54) is 0 Å². The zero-order chi connectivity index (χ0) is 13.3. The second-order valence-electron chi connectivity index (χ2n) is 5.51. The van der Waals surface area contributed by atoms with Gasteiger partial charge in [0.25, 0.3) is 0 Å². The van der Waals surface area contributed by atoms with E-state index in [4.69, 9.17) is 4.74 Å². The number of hydrogen-bond donors (Lipinski definition) is 1. The van der Waals surface area contributed by atoms with E-state index in [1.807, 2.05) is 42.5 Å². The minimum absolute atomic E-state index is 0.101. The number of hydrogen-bond acceptors (Lipinski definition) is 2. The van der Waals surface area contributed by atoms with Gasteiger partial charge < -0.3 is 9.84 Å². The Morgan fingerprint density at radius 3 is 2.74 bits per heavy atom. The molecule has 3 rings (SSSR count). The second-order valence-corrected chi connectivity index (χ2v) is 5.51. The fraction of sp³-hybridized carbons (Fsp3) is 0.438. The van der Waals surface area contributed by atoms with Gasteiger partial charge in [-0.05, 0) is 31.2 Å². The van der Waals surface area contributed by atoms with Gasteiger partial charge in [-0.2, -0.15) is 0 Å². The molecule has 2 heterocycles. The molecule has 3 nitrogen and oxygen atoms in total. The molecule has 0 radical (unpaired) electrons. The molecule has 1 aromatic carbocycles. The highest BCUT2D eigenvalue weighted by Crippen LogP contribution is 2.50. The maximum absolute atomic E-state index is 11.6. The first kappa shape index (κ1) is 12.4. The van der Waals surface area contributed by atoms with Crippen LogP contribution in [-0.4, -0.2) is 23.3 Å². The van der Waals surface area contributed by atoms with Gasteiger partial charge in [0, 0.05) is 0 Å². The van der Waals surface area contributed by atoms with Gasteiger partial charge >= 0.3 is 5.97 Å². The van der Waals surface area contributed by atoms with E-state index < -0.39 is 11.4 Å². The third kappa shape index (κ3) is 2.19. The van der Waals surface area contributed by atoms with Gasteiger partial charge in [-0.25, -0.2) is 0 Å². The molecule has 0 aromatic heterocycles.